The summed E-state index contributed by atoms with van der Waals surface area (Å²) in [7, 11) is 3.50. The molecule has 0 aliphatic rings. The molecule has 7 nitrogen and oxygen atoms in total. The molecule has 1 heterocycles. The van der Waals surface area contributed by atoms with Crippen LogP contribution in [0.5, 0.6) is 5.75 Å². The summed E-state index contributed by atoms with van der Waals surface area (Å²) in [6, 6.07) is 0.126. The van der Waals surface area contributed by atoms with Gasteiger partial charge in [0.1, 0.15) is 6.04 Å². The number of aromatic hydroxyl groups is 1. The van der Waals surface area contributed by atoms with Crippen LogP contribution < -0.4 is 5.43 Å². The second-order valence-electron chi connectivity index (χ2n) is 5.73. The zero-order chi connectivity index (χ0) is 17.0. The van der Waals surface area contributed by atoms with Gasteiger partial charge < -0.3 is 24.8 Å². The van der Waals surface area contributed by atoms with Crippen LogP contribution in [0.1, 0.15) is 37.7 Å². The molecule has 0 amide bonds. The van der Waals surface area contributed by atoms with Gasteiger partial charge in [-0.1, -0.05) is 20.3 Å². The number of rotatable bonds is 7. The van der Waals surface area contributed by atoms with E-state index in [9.17, 15) is 24.9 Å². The molecule has 0 bridgehead atoms. The molecule has 0 aromatic carbocycles. The molecule has 0 aliphatic carbocycles. The number of pyridine rings is 1. The normalized spacial score (nSPS) is 14.1. The molecule has 0 aliphatic heterocycles. The standard InChI is InChI=1S/C15H24N2O5/c1-5-9(2)13(15(21)22)17-10(8-18)6-12(19)14(20)11(17)7-16(3)4/h6,9,13,18,20H,5,7-8H2,1-4H3,(H,21,22). The molecule has 0 saturated heterocycles. The van der Waals surface area contributed by atoms with Gasteiger partial charge in [0, 0.05) is 18.3 Å². The largest absolute Gasteiger partial charge is 0.503 e. The topological polar surface area (TPSA) is 103 Å². The van der Waals surface area contributed by atoms with Gasteiger partial charge in [-0.15, -0.1) is 0 Å². The van der Waals surface area contributed by atoms with Gasteiger partial charge in [0.2, 0.25) is 5.43 Å². The molecular weight excluding hydrogens is 288 g/mol. The van der Waals surface area contributed by atoms with Crippen molar-refractivity contribution in [2.24, 2.45) is 5.92 Å². The van der Waals surface area contributed by atoms with E-state index >= 15 is 0 Å². The third-order valence-electron chi connectivity index (χ3n) is 3.75. The molecule has 1 aromatic rings. The maximum Gasteiger partial charge on any atom is 0.326 e. The van der Waals surface area contributed by atoms with Crippen LogP contribution in [0, 0.1) is 5.92 Å². The van der Waals surface area contributed by atoms with Crippen LogP contribution in [0.2, 0.25) is 0 Å². The van der Waals surface area contributed by atoms with E-state index in [2.05, 4.69) is 0 Å². The predicted molar refractivity (Wildman–Crippen MR) is 81.8 cm³/mol. The van der Waals surface area contributed by atoms with Gasteiger partial charge in [0.15, 0.2) is 5.75 Å². The van der Waals surface area contributed by atoms with Crippen LogP contribution >= 0.6 is 0 Å². The van der Waals surface area contributed by atoms with Crippen molar-refractivity contribution in [2.75, 3.05) is 14.1 Å². The Morgan fingerprint density at radius 1 is 1.41 bits per heavy atom. The highest BCUT2D eigenvalue weighted by atomic mass is 16.4. The summed E-state index contributed by atoms with van der Waals surface area (Å²) in [4.78, 5) is 25.3. The van der Waals surface area contributed by atoms with Crippen molar-refractivity contribution in [2.45, 2.75) is 39.5 Å². The van der Waals surface area contributed by atoms with Crippen molar-refractivity contribution in [1.29, 1.82) is 0 Å². The first kappa shape index (κ1) is 18.2. The Kier molecular flexibility index (Phi) is 6.13. The number of aliphatic hydroxyl groups excluding tert-OH is 1. The van der Waals surface area contributed by atoms with Crippen molar-refractivity contribution in [3.63, 3.8) is 0 Å². The molecule has 22 heavy (non-hydrogen) atoms. The van der Waals surface area contributed by atoms with E-state index in [1.807, 2.05) is 6.92 Å². The Morgan fingerprint density at radius 3 is 2.41 bits per heavy atom. The number of carboxylic acid groups (broad SMARTS) is 1. The first-order valence-corrected chi connectivity index (χ1v) is 7.19. The Morgan fingerprint density at radius 2 is 2.00 bits per heavy atom. The first-order chi connectivity index (χ1) is 10.2. The minimum atomic E-state index is -1.06. The summed E-state index contributed by atoms with van der Waals surface area (Å²) in [6.07, 6.45) is 0.607. The van der Waals surface area contributed by atoms with Gasteiger partial charge in [-0.25, -0.2) is 4.79 Å². The van der Waals surface area contributed by atoms with Crippen LogP contribution in [-0.4, -0.2) is 44.9 Å². The van der Waals surface area contributed by atoms with Gasteiger partial charge in [0.05, 0.1) is 12.3 Å². The van der Waals surface area contributed by atoms with Gasteiger partial charge in [0.25, 0.3) is 0 Å². The van der Waals surface area contributed by atoms with Crippen LogP contribution in [0.4, 0.5) is 0 Å². The third-order valence-corrected chi connectivity index (χ3v) is 3.75. The lowest BCUT2D eigenvalue weighted by Crippen LogP contribution is -2.33. The van der Waals surface area contributed by atoms with Crippen LogP contribution in [0.3, 0.4) is 0 Å². The van der Waals surface area contributed by atoms with Crippen molar-refractivity contribution in [3.05, 3.63) is 27.7 Å². The van der Waals surface area contributed by atoms with Crippen molar-refractivity contribution in [1.82, 2.24) is 9.47 Å². The lowest BCUT2D eigenvalue weighted by Gasteiger charge is -2.29. The molecule has 2 atom stereocenters. The highest BCUT2D eigenvalue weighted by molar-refractivity contribution is 5.72. The minimum absolute atomic E-state index is 0.187. The average Bonchev–Trinajstić information content (AvgIpc) is 2.45. The zero-order valence-corrected chi connectivity index (χ0v) is 13.4. The summed E-state index contributed by atoms with van der Waals surface area (Å²) < 4.78 is 1.38. The van der Waals surface area contributed by atoms with E-state index in [1.165, 1.54) is 4.57 Å². The maximum atomic E-state index is 11.8. The number of aliphatic carboxylic acids is 1. The van der Waals surface area contributed by atoms with E-state index in [1.54, 1.807) is 25.9 Å². The molecule has 3 N–H and O–H groups in total. The smallest absolute Gasteiger partial charge is 0.326 e. The lowest BCUT2D eigenvalue weighted by molar-refractivity contribution is -0.142. The van der Waals surface area contributed by atoms with Gasteiger partial charge in [-0.3, -0.25) is 4.79 Å². The number of hydrogen-bond donors (Lipinski definition) is 3. The number of carboxylic acids is 1. The number of nitrogens with zero attached hydrogens (tertiary/aromatic N) is 2. The summed E-state index contributed by atoms with van der Waals surface area (Å²) in [5.41, 5.74) is -0.230. The number of carbonyl (C=O) groups is 1. The second kappa shape index (κ2) is 7.42. The van der Waals surface area contributed by atoms with Crippen molar-refractivity contribution >= 4 is 5.97 Å². The minimum Gasteiger partial charge on any atom is -0.503 e. The molecule has 1 rings (SSSR count). The van der Waals surface area contributed by atoms with Crippen LogP contribution in [0.25, 0.3) is 0 Å². The van der Waals surface area contributed by atoms with Gasteiger partial charge >= 0.3 is 5.97 Å². The monoisotopic (exact) mass is 312 g/mol. The predicted octanol–water partition coefficient (Wildman–Crippen LogP) is 0.780. The molecule has 0 saturated carbocycles. The average molecular weight is 312 g/mol. The van der Waals surface area contributed by atoms with E-state index in [0.717, 1.165) is 6.07 Å². The van der Waals surface area contributed by atoms with Crippen molar-refractivity contribution in [3.8, 4) is 5.75 Å². The van der Waals surface area contributed by atoms with E-state index < -0.39 is 29.8 Å². The fraction of sp³-hybridized carbons (Fsp3) is 0.600. The van der Waals surface area contributed by atoms with Gasteiger partial charge in [-0.2, -0.15) is 0 Å². The molecule has 124 valence electrons. The Bertz CT molecular complexity index is 594. The summed E-state index contributed by atoms with van der Waals surface area (Å²) >= 11 is 0. The lowest BCUT2D eigenvalue weighted by atomic mass is 9.97. The molecular formula is C15H24N2O5. The summed E-state index contributed by atoms with van der Waals surface area (Å²) in [6.45, 7) is 3.37. The third kappa shape index (κ3) is 3.66. The molecule has 7 heteroatoms. The Balaban J connectivity index is 3.70. The van der Waals surface area contributed by atoms with Crippen LogP contribution in [-0.2, 0) is 17.9 Å². The summed E-state index contributed by atoms with van der Waals surface area (Å²) in [5.74, 6) is -1.77. The highest BCUT2D eigenvalue weighted by Crippen LogP contribution is 2.28. The molecule has 0 fully saturated rings. The molecule has 0 radical (unpaired) electrons. The van der Waals surface area contributed by atoms with Crippen LogP contribution in [0.15, 0.2) is 10.9 Å². The SMILES string of the molecule is CCC(C)C(C(=O)O)n1c(CO)cc(=O)c(O)c1CN(C)C. The van der Waals surface area contributed by atoms with E-state index in [-0.39, 0.29) is 23.9 Å². The molecule has 0 spiro atoms. The van der Waals surface area contributed by atoms with E-state index in [0.29, 0.717) is 6.42 Å². The first-order valence-electron chi connectivity index (χ1n) is 7.19. The fourth-order valence-electron chi connectivity index (χ4n) is 2.47. The zero-order valence-electron chi connectivity index (χ0n) is 13.4. The quantitative estimate of drug-likeness (QED) is 0.687. The number of aliphatic hydroxyl groups is 1. The second-order valence-corrected chi connectivity index (χ2v) is 5.73. The summed E-state index contributed by atoms with van der Waals surface area (Å²) in [5, 5.41) is 29.2. The Hall–Kier alpha value is -1.86. The fourth-order valence-corrected chi connectivity index (χ4v) is 2.47. The van der Waals surface area contributed by atoms with E-state index in [4.69, 9.17) is 0 Å². The van der Waals surface area contributed by atoms with Gasteiger partial charge in [-0.05, 0) is 20.0 Å². The number of hydrogen-bond acceptors (Lipinski definition) is 5. The highest BCUT2D eigenvalue weighted by Gasteiger charge is 2.30. The van der Waals surface area contributed by atoms with Crippen molar-refractivity contribution < 1.29 is 20.1 Å². The maximum absolute atomic E-state index is 11.8. The Labute approximate surface area is 129 Å². The molecule has 2 unspecified atom stereocenters. The number of aromatic nitrogens is 1. The molecule has 1 aromatic heterocycles.